The summed E-state index contributed by atoms with van der Waals surface area (Å²) >= 11 is 0. The van der Waals surface area contributed by atoms with Gasteiger partial charge in [0, 0.05) is 17.2 Å². The number of carbonyl (C=O) groups excluding carboxylic acids is 1. The van der Waals surface area contributed by atoms with Gasteiger partial charge in [-0.3, -0.25) is 4.79 Å². The van der Waals surface area contributed by atoms with Gasteiger partial charge >= 0.3 is 0 Å². The second-order valence-electron chi connectivity index (χ2n) is 9.23. The Hall–Kier alpha value is -2.75. The van der Waals surface area contributed by atoms with Gasteiger partial charge in [-0.15, -0.1) is 0 Å². The predicted octanol–water partition coefficient (Wildman–Crippen LogP) is 5.90. The highest BCUT2D eigenvalue weighted by Gasteiger charge is 2.26. The molecule has 1 N–H and O–H groups in total. The first kappa shape index (κ1) is 22.5. The summed E-state index contributed by atoms with van der Waals surface area (Å²) in [5.41, 5.74) is 2.61. The number of hydrogen-bond donors (Lipinski definition) is 1. The fraction of sp³-hybridized carbons (Fsp3) is 0.400. The second-order valence-corrected chi connectivity index (χ2v) is 9.23. The Bertz CT molecular complexity index is 890. The number of carbonyl (C=O) groups is 1. The van der Waals surface area contributed by atoms with Gasteiger partial charge in [0.25, 0.3) is 0 Å². The molecule has 0 aromatic heterocycles. The third-order valence-electron chi connectivity index (χ3n) is 4.85. The number of hydrogen-bond acceptors (Lipinski definition) is 4. The van der Waals surface area contributed by atoms with Crippen molar-refractivity contribution in [2.24, 2.45) is 0 Å². The first-order valence-electron chi connectivity index (χ1n) is 9.71. The SMILES string of the molecule is COc1ccc(C(=O)/C=C/c2cc(C(C)(C)C)c(O)c(C(C)(C)C)c2)c(OC)c1. The summed E-state index contributed by atoms with van der Waals surface area (Å²) in [5.74, 6) is 1.26. The summed E-state index contributed by atoms with van der Waals surface area (Å²) in [6.07, 6.45) is 3.32. The molecule has 0 fully saturated rings. The molecule has 29 heavy (non-hydrogen) atoms. The van der Waals surface area contributed by atoms with Crippen LogP contribution in [0.15, 0.2) is 36.4 Å². The molecule has 0 aliphatic carbocycles. The van der Waals surface area contributed by atoms with Gasteiger partial charge in [0.2, 0.25) is 0 Å². The Morgan fingerprint density at radius 3 is 1.90 bits per heavy atom. The van der Waals surface area contributed by atoms with Crippen LogP contribution in [0.3, 0.4) is 0 Å². The van der Waals surface area contributed by atoms with Crippen molar-refractivity contribution in [1.82, 2.24) is 0 Å². The predicted molar refractivity (Wildman–Crippen MR) is 118 cm³/mol. The third kappa shape index (κ3) is 5.20. The number of aromatic hydroxyl groups is 1. The maximum Gasteiger partial charge on any atom is 0.189 e. The van der Waals surface area contributed by atoms with E-state index in [1.54, 1.807) is 31.4 Å². The molecular formula is C25H32O4. The van der Waals surface area contributed by atoms with E-state index in [0.29, 0.717) is 22.8 Å². The minimum Gasteiger partial charge on any atom is -0.507 e. The number of methoxy groups -OCH3 is 2. The number of benzene rings is 2. The number of ether oxygens (including phenoxy) is 2. The van der Waals surface area contributed by atoms with Crippen molar-refractivity contribution in [3.63, 3.8) is 0 Å². The van der Waals surface area contributed by atoms with E-state index in [9.17, 15) is 9.90 Å². The Morgan fingerprint density at radius 1 is 0.897 bits per heavy atom. The number of rotatable bonds is 5. The van der Waals surface area contributed by atoms with Crippen LogP contribution in [0.25, 0.3) is 6.08 Å². The number of phenolic OH excluding ortho intramolecular Hbond substituents is 1. The van der Waals surface area contributed by atoms with Crippen LogP contribution in [0.5, 0.6) is 17.2 Å². The highest BCUT2D eigenvalue weighted by Crippen LogP contribution is 2.40. The zero-order valence-corrected chi connectivity index (χ0v) is 18.7. The molecule has 0 atom stereocenters. The van der Waals surface area contributed by atoms with Crippen LogP contribution < -0.4 is 9.47 Å². The molecule has 0 saturated heterocycles. The Morgan fingerprint density at radius 2 is 1.45 bits per heavy atom. The number of phenols is 1. The summed E-state index contributed by atoms with van der Waals surface area (Å²) in [6.45, 7) is 12.4. The van der Waals surface area contributed by atoms with E-state index >= 15 is 0 Å². The van der Waals surface area contributed by atoms with Crippen molar-refractivity contribution in [2.75, 3.05) is 14.2 Å². The molecule has 0 bridgehead atoms. The smallest absolute Gasteiger partial charge is 0.189 e. The van der Waals surface area contributed by atoms with E-state index in [2.05, 4.69) is 41.5 Å². The maximum absolute atomic E-state index is 12.8. The molecule has 4 nitrogen and oxygen atoms in total. The van der Waals surface area contributed by atoms with E-state index in [-0.39, 0.29) is 16.6 Å². The normalized spacial score (nSPS) is 12.3. The largest absolute Gasteiger partial charge is 0.507 e. The van der Waals surface area contributed by atoms with Crippen molar-refractivity contribution in [3.8, 4) is 17.2 Å². The lowest BCUT2D eigenvalue weighted by Gasteiger charge is -2.27. The van der Waals surface area contributed by atoms with E-state index in [4.69, 9.17) is 9.47 Å². The molecular weight excluding hydrogens is 364 g/mol. The van der Waals surface area contributed by atoms with Crippen LogP contribution >= 0.6 is 0 Å². The van der Waals surface area contributed by atoms with Gasteiger partial charge in [-0.05, 0) is 46.7 Å². The lowest BCUT2D eigenvalue weighted by Crippen LogP contribution is -2.17. The van der Waals surface area contributed by atoms with Crippen molar-refractivity contribution in [3.05, 3.63) is 58.7 Å². The molecule has 0 unspecified atom stereocenters. The minimum absolute atomic E-state index is 0.160. The molecule has 0 saturated carbocycles. The van der Waals surface area contributed by atoms with Gasteiger partial charge in [-0.2, -0.15) is 0 Å². The Kier molecular flexibility index (Phi) is 6.46. The Balaban J connectivity index is 2.48. The monoisotopic (exact) mass is 396 g/mol. The van der Waals surface area contributed by atoms with Crippen LogP contribution in [0, 0.1) is 0 Å². The summed E-state index contributed by atoms with van der Waals surface area (Å²) in [6, 6.07) is 9.01. The summed E-state index contributed by atoms with van der Waals surface area (Å²) in [7, 11) is 3.10. The molecule has 2 aromatic rings. The average Bonchev–Trinajstić information content (AvgIpc) is 2.64. The topological polar surface area (TPSA) is 55.8 Å². The number of ketones is 1. The molecule has 4 heteroatoms. The molecule has 156 valence electrons. The molecule has 0 aliphatic heterocycles. The van der Waals surface area contributed by atoms with Gasteiger partial charge in [0.05, 0.1) is 19.8 Å². The fourth-order valence-electron chi connectivity index (χ4n) is 3.16. The lowest BCUT2D eigenvalue weighted by atomic mass is 9.78. The van der Waals surface area contributed by atoms with Gasteiger partial charge in [0.15, 0.2) is 5.78 Å². The zero-order valence-electron chi connectivity index (χ0n) is 18.7. The van der Waals surface area contributed by atoms with Gasteiger partial charge in [-0.1, -0.05) is 47.6 Å². The molecule has 0 aliphatic rings. The van der Waals surface area contributed by atoms with E-state index in [0.717, 1.165) is 16.7 Å². The van der Waals surface area contributed by atoms with Crippen molar-refractivity contribution in [2.45, 2.75) is 52.4 Å². The molecule has 0 spiro atoms. The minimum atomic E-state index is -0.225. The molecule has 2 aromatic carbocycles. The third-order valence-corrected chi connectivity index (χ3v) is 4.85. The van der Waals surface area contributed by atoms with Gasteiger partial charge in [-0.25, -0.2) is 0 Å². The molecule has 0 amide bonds. The standard InChI is InChI=1S/C25H32O4/c1-24(2,3)19-13-16(14-20(23(19)27)25(4,5)6)9-12-21(26)18-11-10-17(28-7)15-22(18)29-8/h9-15,27H,1-8H3/b12-9+. The van der Waals surface area contributed by atoms with Crippen LogP contribution in [0.1, 0.15) is 68.6 Å². The van der Waals surface area contributed by atoms with E-state index in [1.807, 2.05) is 12.1 Å². The van der Waals surface area contributed by atoms with Gasteiger partial charge < -0.3 is 14.6 Å². The van der Waals surface area contributed by atoms with Crippen LogP contribution in [0.2, 0.25) is 0 Å². The van der Waals surface area contributed by atoms with Crippen LogP contribution in [-0.2, 0) is 10.8 Å². The molecule has 0 radical (unpaired) electrons. The summed E-state index contributed by atoms with van der Waals surface area (Å²) in [5, 5.41) is 10.8. The highest BCUT2D eigenvalue weighted by atomic mass is 16.5. The summed E-state index contributed by atoms with van der Waals surface area (Å²) in [4.78, 5) is 12.8. The molecule has 0 heterocycles. The zero-order chi connectivity index (χ0) is 22.0. The highest BCUT2D eigenvalue weighted by molar-refractivity contribution is 6.08. The van der Waals surface area contributed by atoms with Crippen LogP contribution in [0.4, 0.5) is 0 Å². The first-order chi connectivity index (χ1) is 13.4. The first-order valence-corrected chi connectivity index (χ1v) is 9.71. The summed E-state index contributed by atoms with van der Waals surface area (Å²) < 4.78 is 10.5. The Labute approximate surface area is 174 Å². The average molecular weight is 397 g/mol. The fourth-order valence-corrected chi connectivity index (χ4v) is 3.16. The number of allylic oxidation sites excluding steroid dienone is 1. The molecule has 2 rings (SSSR count). The van der Waals surface area contributed by atoms with Crippen molar-refractivity contribution in [1.29, 1.82) is 0 Å². The van der Waals surface area contributed by atoms with Crippen molar-refractivity contribution < 1.29 is 19.4 Å². The second kappa shape index (κ2) is 8.32. The van der Waals surface area contributed by atoms with E-state index < -0.39 is 0 Å². The van der Waals surface area contributed by atoms with E-state index in [1.165, 1.54) is 13.2 Å². The van der Waals surface area contributed by atoms with Gasteiger partial charge in [0.1, 0.15) is 17.2 Å². The van der Waals surface area contributed by atoms with Crippen LogP contribution in [-0.4, -0.2) is 25.1 Å². The lowest BCUT2D eigenvalue weighted by molar-refractivity contribution is 0.104. The van der Waals surface area contributed by atoms with Crippen molar-refractivity contribution >= 4 is 11.9 Å². The quantitative estimate of drug-likeness (QED) is 0.505. The maximum atomic E-state index is 12.8.